The van der Waals surface area contributed by atoms with Gasteiger partial charge < -0.3 is 4.74 Å². The van der Waals surface area contributed by atoms with Gasteiger partial charge in [0.1, 0.15) is 0 Å². The monoisotopic (exact) mass is 210 g/mol. The Labute approximate surface area is 87.8 Å². The molecule has 1 aromatic carbocycles. The second kappa shape index (κ2) is 3.62. The van der Waals surface area contributed by atoms with E-state index in [0.29, 0.717) is 11.5 Å². The van der Waals surface area contributed by atoms with Crippen molar-refractivity contribution >= 4 is 17.6 Å². The fourth-order valence-corrected chi connectivity index (χ4v) is 1.83. The maximum atomic E-state index is 11.1. The zero-order valence-electron chi connectivity index (χ0n) is 7.87. The molecule has 0 spiro atoms. The first-order chi connectivity index (χ1) is 6.72. The molecule has 3 heteroatoms. The van der Waals surface area contributed by atoms with Gasteiger partial charge in [0.25, 0.3) is 0 Å². The first-order valence-corrected chi connectivity index (χ1v) is 4.98. The van der Waals surface area contributed by atoms with E-state index in [9.17, 15) is 4.79 Å². The number of ether oxygens (including phenoxy) is 1. The number of benzene rings is 1. The van der Waals surface area contributed by atoms with Crippen molar-refractivity contribution in [1.82, 2.24) is 0 Å². The normalized spacial score (nSPS) is 24.4. The molecule has 0 amide bonds. The van der Waals surface area contributed by atoms with Crippen LogP contribution in [0.1, 0.15) is 28.3 Å². The molecule has 1 saturated carbocycles. The molecule has 0 radical (unpaired) electrons. The van der Waals surface area contributed by atoms with Gasteiger partial charge in [-0.1, -0.05) is 12.1 Å². The predicted octanol–water partition coefficient (Wildman–Crippen LogP) is 2.57. The summed E-state index contributed by atoms with van der Waals surface area (Å²) in [5.74, 6) is 0.179. The van der Waals surface area contributed by atoms with E-state index >= 15 is 0 Å². The maximum absolute atomic E-state index is 11.1. The minimum atomic E-state index is -0.297. The Bertz CT molecular complexity index is 345. The highest BCUT2D eigenvalue weighted by Crippen LogP contribution is 2.45. The molecule has 1 aliphatic rings. The van der Waals surface area contributed by atoms with Gasteiger partial charge in [-0.15, -0.1) is 11.6 Å². The summed E-state index contributed by atoms with van der Waals surface area (Å²) in [4.78, 5) is 11.1. The summed E-state index contributed by atoms with van der Waals surface area (Å²) in [6, 6.07) is 7.45. The van der Waals surface area contributed by atoms with Gasteiger partial charge in [0.2, 0.25) is 0 Å². The molecule has 0 aromatic heterocycles. The predicted molar refractivity (Wildman–Crippen MR) is 54.8 cm³/mol. The quantitative estimate of drug-likeness (QED) is 0.554. The van der Waals surface area contributed by atoms with Crippen LogP contribution in [0.3, 0.4) is 0 Å². The summed E-state index contributed by atoms with van der Waals surface area (Å²) in [5, 5.41) is 0.277. The van der Waals surface area contributed by atoms with E-state index in [1.807, 2.05) is 12.1 Å². The van der Waals surface area contributed by atoms with Crippen LogP contribution < -0.4 is 0 Å². The third-order valence-corrected chi connectivity index (χ3v) is 2.95. The van der Waals surface area contributed by atoms with Gasteiger partial charge in [-0.25, -0.2) is 4.79 Å². The molecule has 0 aliphatic heterocycles. The fraction of sp³-hybridized carbons (Fsp3) is 0.364. The van der Waals surface area contributed by atoms with Crippen molar-refractivity contribution in [1.29, 1.82) is 0 Å². The molecule has 1 fully saturated rings. The third-order valence-electron chi connectivity index (χ3n) is 2.47. The van der Waals surface area contributed by atoms with Crippen LogP contribution in [0.5, 0.6) is 0 Å². The number of hydrogen-bond donors (Lipinski definition) is 0. The highest BCUT2D eigenvalue weighted by atomic mass is 35.5. The molecule has 0 saturated heterocycles. The lowest BCUT2D eigenvalue weighted by atomic mass is 10.1. The molecular formula is C11H11ClO2. The minimum absolute atomic E-state index is 0.277. The molecule has 1 aliphatic carbocycles. The lowest BCUT2D eigenvalue weighted by molar-refractivity contribution is 0.0600. The standard InChI is InChI=1S/C11H11ClO2/c1-14-11(13)8-4-2-7(3-5-8)9-6-10(9)12/h2-5,9-10H,6H2,1H3. The van der Waals surface area contributed by atoms with Crippen LogP contribution >= 0.6 is 11.6 Å². The molecular weight excluding hydrogens is 200 g/mol. The third kappa shape index (κ3) is 1.75. The zero-order valence-corrected chi connectivity index (χ0v) is 8.62. The number of halogens is 1. The molecule has 2 atom stereocenters. The van der Waals surface area contributed by atoms with Gasteiger partial charge in [0.15, 0.2) is 0 Å². The summed E-state index contributed by atoms with van der Waals surface area (Å²) in [5.41, 5.74) is 1.79. The molecule has 74 valence electrons. The van der Waals surface area contributed by atoms with E-state index in [1.165, 1.54) is 12.7 Å². The second-order valence-corrected chi connectivity index (χ2v) is 4.03. The van der Waals surface area contributed by atoms with E-state index in [1.54, 1.807) is 12.1 Å². The van der Waals surface area contributed by atoms with Crippen molar-refractivity contribution in [2.75, 3.05) is 7.11 Å². The van der Waals surface area contributed by atoms with Gasteiger partial charge >= 0.3 is 5.97 Å². The molecule has 0 bridgehead atoms. The molecule has 0 heterocycles. The lowest BCUT2D eigenvalue weighted by Gasteiger charge is -2.01. The lowest BCUT2D eigenvalue weighted by Crippen LogP contribution is -2.00. The number of carbonyl (C=O) groups excluding carboxylic acids is 1. The number of alkyl halides is 1. The highest BCUT2D eigenvalue weighted by molar-refractivity contribution is 6.23. The Hall–Kier alpha value is -1.02. The van der Waals surface area contributed by atoms with Crippen molar-refractivity contribution in [3.8, 4) is 0 Å². The Kier molecular flexibility index (Phi) is 2.46. The Morgan fingerprint density at radius 3 is 2.43 bits per heavy atom. The van der Waals surface area contributed by atoms with Crippen molar-refractivity contribution in [2.45, 2.75) is 17.7 Å². The first-order valence-electron chi connectivity index (χ1n) is 4.54. The molecule has 2 nitrogen and oxygen atoms in total. The molecule has 2 rings (SSSR count). The van der Waals surface area contributed by atoms with Crippen LogP contribution in [0, 0.1) is 0 Å². The van der Waals surface area contributed by atoms with Crippen LogP contribution in [0.15, 0.2) is 24.3 Å². The number of hydrogen-bond acceptors (Lipinski definition) is 2. The van der Waals surface area contributed by atoms with Gasteiger partial charge in [0, 0.05) is 11.3 Å². The average molecular weight is 211 g/mol. The summed E-state index contributed by atoms with van der Waals surface area (Å²) >= 11 is 5.92. The van der Waals surface area contributed by atoms with Crippen molar-refractivity contribution in [2.24, 2.45) is 0 Å². The largest absolute Gasteiger partial charge is 0.465 e. The Morgan fingerprint density at radius 2 is 2.00 bits per heavy atom. The van der Waals surface area contributed by atoms with Gasteiger partial charge in [-0.2, -0.15) is 0 Å². The van der Waals surface area contributed by atoms with Crippen LogP contribution in [0.4, 0.5) is 0 Å². The molecule has 2 unspecified atom stereocenters. The summed E-state index contributed by atoms with van der Waals surface area (Å²) in [7, 11) is 1.38. The SMILES string of the molecule is COC(=O)c1ccc(C2CC2Cl)cc1. The van der Waals surface area contributed by atoms with E-state index in [-0.39, 0.29) is 11.3 Å². The summed E-state index contributed by atoms with van der Waals surface area (Å²) in [6.07, 6.45) is 1.04. The van der Waals surface area contributed by atoms with Crippen LogP contribution in [0.25, 0.3) is 0 Å². The Morgan fingerprint density at radius 1 is 1.43 bits per heavy atom. The van der Waals surface area contributed by atoms with Crippen LogP contribution in [0.2, 0.25) is 0 Å². The highest BCUT2D eigenvalue weighted by Gasteiger charge is 2.36. The molecule has 0 N–H and O–H groups in total. The van der Waals surface area contributed by atoms with Crippen molar-refractivity contribution in [3.05, 3.63) is 35.4 Å². The molecule has 1 aromatic rings. The summed E-state index contributed by atoms with van der Waals surface area (Å²) < 4.78 is 4.61. The molecule has 14 heavy (non-hydrogen) atoms. The maximum Gasteiger partial charge on any atom is 0.337 e. The smallest absolute Gasteiger partial charge is 0.337 e. The number of rotatable bonds is 2. The zero-order chi connectivity index (χ0) is 10.1. The van der Waals surface area contributed by atoms with Gasteiger partial charge in [-0.3, -0.25) is 0 Å². The average Bonchev–Trinajstić information content (AvgIpc) is 2.95. The number of methoxy groups -OCH3 is 1. The van der Waals surface area contributed by atoms with E-state index in [4.69, 9.17) is 11.6 Å². The first kappa shape index (κ1) is 9.53. The van der Waals surface area contributed by atoms with Gasteiger partial charge in [0.05, 0.1) is 12.7 Å². The van der Waals surface area contributed by atoms with E-state index in [0.717, 1.165) is 6.42 Å². The van der Waals surface area contributed by atoms with Crippen molar-refractivity contribution < 1.29 is 9.53 Å². The number of esters is 1. The summed E-state index contributed by atoms with van der Waals surface area (Å²) in [6.45, 7) is 0. The van der Waals surface area contributed by atoms with E-state index < -0.39 is 0 Å². The minimum Gasteiger partial charge on any atom is -0.465 e. The number of carbonyl (C=O) groups is 1. The van der Waals surface area contributed by atoms with Gasteiger partial charge in [-0.05, 0) is 24.1 Å². The van der Waals surface area contributed by atoms with Crippen molar-refractivity contribution in [3.63, 3.8) is 0 Å². The van der Waals surface area contributed by atoms with E-state index in [2.05, 4.69) is 4.74 Å². The second-order valence-electron chi connectivity index (χ2n) is 3.47. The Balaban J connectivity index is 2.14. The van der Waals surface area contributed by atoms with Crippen LogP contribution in [-0.2, 0) is 4.74 Å². The fourth-order valence-electron chi connectivity index (χ4n) is 1.49. The topological polar surface area (TPSA) is 26.3 Å². The van der Waals surface area contributed by atoms with Crippen LogP contribution in [-0.4, -0.2) is 18.5 Å².